The van der Waals surface area contributed by atoms with E-state index in [4.69, 9.17) is 0 Å². The summed E-state index contributed by atoms with van der Waals surface area (Å²) in [5.41, 5.74) is 6.32. The van der Waals surface area contributed by atoms with Gasteiger partial charge in [-0.2, -0.15) is 0 Å². The fraction of sp³-hybridized carbons (Fsp3) is 0.0417. The van der Waals surface area contributed by atoms with E-state index in [1.165, 1.54) is 12.1 Å². The van der Waals surface area contributed by atoms with E-state index >= 15 is 0 Å². The van der Waals surface area contributed by atoms with Gasteiger partial charge in [0.2, 0.25) is 0 Å². The van der Waals surface area contributed by atoms with Gasteiger partial charge in [-0.15, -0.1) is 0 Å². The van der Waals surface area contributed by atoms with Gasteiger partial charge in [0.25, 0.3) is 5.69 Å². The van der Waals surface area contributed by atoms with Crippen molar-refractivity contribution >= 4 is 27.6 Å². The van der Waals surface area contributed by atoms with E-state index in [9.17, 15) is 15.2 Å². The molecule has 146 valence electrons. The highest BCUT2D eigenvalue weighted by Gasteiger charge is 2.18. The molecule has 5 rings (SSSR count). The number of H-pyrrole nitrogens is 1. The number of hydrogen-bond donors (Lipinski definition) is 2. The normalized spacial score (nSPS) is 11.2. The highest BCUT2D eigenvalue weighted by atomic mass is 16.6. The topological polar surface area (TPSA) is 92.0 Å². The largest absolute Gasteiger partial charge is 0.392 e. The van der Waals surface area contributed by atoms with Crippen LogP contribution in [-0.4, -0.2) is 20.0 Å². The van der Waals surface area contributed by atoms with Crippen LogP contribution in [0.15, 0.2) is 79.0 Å². The second-order valence-electron chi connectivity index (χ2n) is 7.10. The number of nitro groups is 1. The average Bonchev–Trinajstić information content (AvgIpc) is 3.17. The predicted octanol–water partition coefficient (Wildman–Crippen LogP) is 5.45. The number of pyridine rings is 1. The summed E-state index contributed by atoms with van der Waals surface area (Å²) in [5, 5.41) is 22.6. The highest BCUT2D eigenvalue weighted by Crippen LogP contribution is 2.40. The van der Waals surface area contributed by atoms with Crippen molar-refractivity contribution in [3.05, 3.63) is 94.7 Å². The molecule has 0 aliphatic rings. The standard InChI is InChI=1S/C24H17N3O3/c28-14-15-6-11-21-19(12-15)23-22(17-4-2-1-3-5-17)20(13-25-24(23)26-21)16-7-9-18(10-8-16)27(29)30/h1-13,28H,14H2,(H,25,26). The third kappa shape index (κ3) is 2.91. The fourth-order valence-electron chi connectivity index (χ4n) is 3.89. The van der Waals surface area contributed by atoms with Crippen LogP contribution in [0, 0.1) is 10.1 Å². The molecule has 0 saturated carbocycles. The molecule has 0 saturated heterocycles. The Kier molecular flexibility index (Phi) is 4.26. The number of aromatic nitrogens is 2. The zero-order chi connectivity index (χ0) is 20.7. The van der Waals surface area contributed by atoms with Gasteiger partial charge in [-0.3, -0.25) is 10.1 Å². The molecule has 2 N–H and O–H groups in total. The molecule has 0 aliphatic heterocycles. The van der Waals surface area contributed by atoms with Crippen LogP contribution in [0.25, 0.3) is 44.2 Å². The maximum Gasteiger partial charge on any atom is 0.269 e. The molecule has 2 aromatic heterocycles. The van der Waals surface area contributed by atoms with E-state index in [0.29, 0.717) is 0 Å². The maximum absolute atomic E-state index is 11.1. The molecular formula is C24H17N3O3. The van der Waals surface area contributed by atoms with Crippen LogP contribution >= 0.6 is 0 Å². The van der Waals surface area contributed by atoms with Crippen molar-refractivity contribution in [2.24, 2.45) is 0 Å². The van der Waals surface area contributed by atoms with E-state index in [2.05, 4.69) is 9.97 Å². The van der Waals surface area contributed by atoms with Gasteiger partial charge in [0.15, 0.2) is 0 Å². The summed E-state index contributed by atoms with van der Waals surface area (Å²) in [5.74, 6) is 0. The Morgan fingerprint density at radius 1 is 0.967 bits per heavy atom. The summed E-state index contributed by atoms with van der Waals surface area (Å²) in [7, 11) is 0. The Bertz CT molecular complexity index is 1390. The molecule has 0 aliphatic carbocycles. The van der Waals surface area contributed by atoms with Crippen molar-refractivity contribution < 1.29 is 10.0 Å². The van der Waals surface area contributed by atoms with Crippen LogP contribution in [0.2, 0.25) is 0 Å². The number of aliphatic hydroxyl groups excluding tert-OH is 1. The summed E-state index contributed by atoms with van der Waals surface area (Å²) in [6.07, 6.45) is 1.80. The van der Waals surface area contributed by atoms with E-state index in [0.717, 1.165) is 49.8 Å². The molecule has 0 bridgehead atoms. The van der Waals surface area contributed by atoms with Gasteiger partial charge in [0, 0.05) is 45.7 Å². The quantitative estimate of drug-likeness (QED) is 0.313. The Morgan fingerprint density at radius 2 is 1.73 bits per heavy atom. The molecule has 5 aromatic rings. The van der Waals surface area contributed by atoms with Crippen LogP contribution in [0.5, 0.6) is 0 Å². The smallest absolute Gasteiger partial charge is 0.269 e. The van der Waals surface area contributed by atoms with E-state index in [1.807, 2.05) is 48.5 Å². The van der Waals surface area contributed by atoms with Gasteiger partial charge in [-0.1, -0.05) is 36.4 Å². The molecule has 6 nitrogen and oxygen atoms in total. The summed E-state index contributed by atoms with van der Waals surface area (Å²) in [4.78, 5) is 18.7. The number of rotatable bonds is 4. The van der Waals surface area contributed by atoms with Gasteiger partial charge in [-0.25, -0.2) is 4.98 Å². The first-order valence-corrected chi connectivity index (χ1v) is 9.50. The van der Waals surface area contributed by atoms with Gasteiger partial charge < -0.3 is 10.1 Å². The van der Waals surface area contributed by atoms with Crippen LogP contribution in [-0.2, 0) is 6.61 Å². The number of non-ortho nitro benzene ring substituents is 1. The molecule has 0 radical (unpaired) electrons. The van der Waals surface area contributed by atoms with Crippen LogP contribution < -0.4 is 0 Å². The highest BCUT2D eigenvalue weighted by molar-refractivity contribution is 6.16. The molecule has 0 unspecified atom stereocenters. The first kappa shape index (κ1) is 18.0. The summed E-state index contributed by atoms with van der Waals surface area (Å²) in [6, 6.07) is 22.3. The molecular weight excluding hydrogens is 378 g/mol. The zero-order valence-electron chi connectivity index (χ0n) is 15.9. The first-order chi connectivity index (χ1) is 14.7. The lowest BCUT2D eigenvalue weighted by molar-refractivity contribution is -0.384. The lowest BCUT2D eigenvalue weighted by Gasteiger charge is -2.12. The summed E-state index contributed by atoms with van der Waals surface area (Å²) >= 11 is 0. The van der Waals surface area contributed by atoms with Crippen LogP contribution in [0.4, 0.5) is 5.69 Å². The number of nitro benzene ring substituents is 1. The number of benzene rings is 3. The summed E-state index contributed by atoms with van der Waals surface area (Å²) < 4.78 is 0. The van der Waals surface area contributed by atoms with Gasteiger partial charge in [-0.05, 0) is 41.0 Å². The maximum atomic E-state index is 11.1. The number of hydrogen-bond acceptors (Lipinski definition) is 4. The number of aromatic amines is 1. The molecule has 0 fully saturated rings. The molecule has 0 spiro atoms. The molecule has 30 heavy (non-hydrogen) atoms. The molecule has 0 atom stereocenters. The Labute approximate surface area is 171 Å². The van der Waals surface area contributed by atoms with E-state index in [-0.39, 0.29) is 12.3 Å². The van der Waals surface area contributed by atoms with E-state index < -0.39 is 4.92 Å². The zero-order valence-corrected chi connectivity index (χ0v) is 15.9. The Balaban J connectivity index is 1.86. The van der Waals surface area contributed by atoms with E-state index in [1.54, 1.807) is 18.3 Å². The lowest BCUT2D eigenvalue weighted by atomic mass is 9.92. The van der Waals surface area contributed by atoms with Crippen molar-refractivity contribution in [2.45, 2.75) is 6.61 Å². The second-order valence-corrected chi connectivity index (χ2v) is 7.10. The monoisotopic (exact) mass is 395 g/mol. The molecule has 3 aromatic carbocycles. The molecule has 2 heterocycles. The van der Waals surface area contributed by atoms with Crippen LogP contribution in [0.1, 0.15) is 5.56 Å². The Morgan fingerprint density at radius 3 is 2.43 bits per heavy atom. The van der Waals surface area contributed by atoms with Crippen molar-refractivity contribution in [3.63, 3.8) is 0 Å². The first-order valence-electron chi connectivity index (χ1n) is 9.50. The minimum Gasteiger partial charge on any atom is -0.392 e. The molecule has 6 heteroatoms. The van der Waals surface area contributed by atoms with Crippen molar-refractivity contribution in [1.82, 2.24) is 9.97 Å². The van der Waals surface area contributed by atoms with Gasteiger partial charge in [0.05, 0.1) is 11.5 Å². The Hall–Kier alpha value is -4.03. The minimum absolute atomic E-state index is 0.0429. The molecule has 0 amide bonds. The SMILES string of the molecule is O=[N+]([O-])c1ccc(-c2cnc3[nH]c4ccc(CO)cc4c3c2-c2ccccc2)cc1. The minimum atomic E-state index is -0.403. The third-order valence-electron chi connectivity index (χ3n) is 5.32. The van der Waals surface area contributed by atoms with Crippen molar-refractivity contribution in [3.8, 4) is 22.3 Å². The average molecular weight is 395 g/mol. The number of fused-ring (bicyclic) bond motifs is 3. The lowest BCUT2D eigenvalue weighted by Crippen LogP contribution is -1.91. The number of aliphatic hydroxyl groups is 1. The van der Waals surface area contributed by atoms with Gasteiger partial charge in [0.1, 0.15) is 5.65 Å². The van der Waals surface area contributed by atoms with Crippen molar-refractivity contribution in [1.29, 1.82) is 0 Å². The van der Waals surface area contributed by atoms with Crippen LogP contribution in [0.3, 0.4) is 0 Å². The van der Waals surface area contributed by atoms with Crippen molar-refractivity contribution in [2.75, 3.05) is 0 Å². The second kappa shape index (κ2) is 7.09. The third-order valence-corrected chi connectivity index (χ3v) is 5.32. The fourth-order valence-corrected chi connectivity index (χ4v) is 3.89. The number of nitrogens with one attached hydrogen (secondary N) is 1. The predicted molar refractivity (Wildman–Crippen MR) is 117 cm³/mol. The number of nitrogens with zero attached hydrogens (tertiary/aromatic N) is 2. The summed E-state index contributed by atoms with van der Waals surface area (Å²) in [6.45, 7) is -0.0429. The van der Waals surface area contributed by atoms with Gasteiger partial charge >= 0.3 is 0 Å².